The molecule has 0 saturated carbocycles. The van der Waals surface area contributed by atoms with Crippen LogP contribution in [0, 0.1) is 5.92 Å². The van der Waals surface area contributed by atoms with Gasteiger partial charge in [-0.25, -0.2) is 13.2 Å². The molecule has 57 heavy (non-hydrogen) atoms. The minimum Gasteiger partial charge on any atom is -0.459 e. The van der Waals surface area contributed by atoms with Gasteiger partial charge in [0.2, 0.25) is 15.9 Å². The van der Waals surface area contributed by atoms with Gasteiger partial charge in [-0.2, -0.15) is 4.72 Å². The molecule has 1 atom stereocenters. The van der Waals surface area contributed by atoms with Gasteiger partial charge >= 0.3 is 12.1 Å². The number of nitrogens with one attached hydrogen (secondary N) is 3. The molecule has 5 rings (SSSR count). The normalized spacial score (nSPS) is 15.5. The summed E-state index contributed by atoms with van der Waals surface area (Å²) in [4.78, 5) is 71.8. The second kappa shape index (κ2) is 16.7. The van der Waals surface area contributed by atoms with Crippen LogP contribution in [0.5, 0.6) is 0 Å². The van der Waals surface area contributed by atoms with Crippen molar-refractivity contribution < 1.29 is 41.9 Å². The Morgan fingerprint density at radius 2 is 1.37 bits per heavy atom. The van der Waals surface area contributed by atoms with Crippen LogP contribution in [0.25, 0.3) is 10.8 Å². The molecule has 0 aliphatic carbocycles. The van der Waals surface area contributed by atoms with E-state index < -0.39 is 57.7 Å². The first-order valence-corrected chi connectivity index (χ1v) is 20.4. The highest BCUT2D eigenvalue weighted by Crippen LogP contribution is 2.32. The van der Waals surface area contributed by atoms with E-state index >= 15 is 0 Å². The van der Waals surface area contributed by atoms with Crippen molar-refractivity contribution in [2.75, 3.05) is 45.7 Å². The summed E-state index contributed by atoms with van der Waals surface area (Å²) < 4.78 is 41.5. The molecule has 1 saturated heterocycles. The summed E-state index contributed by atoms with van der Waals surface area (Å²) in [5, 5.41) is 6.33. The first kappa shape index (κ1) is 42.9. The highest BCUT2D eigenvalue weighted by molar-refractivity contribution is 7.89. The first-order chi connectivity index (χ1) is 26.6. The topological polar surface area (TPSA) is 184 Å². The Bertz CT molecular complexity index is 2170. The van der Waals surface area contributed by atoms with Crippen molar-refractivity contribution in [3.63, 3.8) is 0 Å². The molecular weight excluding hydrogens is 753 g/mol. The predicted molar refractivity (Wildman–Crippen MR) is 215 cm³/mol. The van der Waals surface area contributed by atoms with E-state index in [1.807, 2.05) is 31.1 Å². The van der Waals surface area contributed by atoms with E-state index in [1.54, 1.807) is 81.7 Å². The summed E-state index contributed by atoms with van der Waals surface area (Å²) in [5.41, 5.74) is 0.618. The molecule has 308 valence electrons. The number of amides is 4. The maximum atomic E-state index is 14.0. The summed E-state index contributed by atoms with van der Waals surface area (Å²) >= 11 is 0. The second-order valence-electron chi connectivity index (χ2n) is 16.6. The van der Waals surface area contributed by atoms with Gasteiger partial charge < -0.3 is 34.8 Å². The monoisotopic (exact) mass is 806 g/mol. The molecule has 3 N–H and O–H groups in total. The number of fused-ring (bicyclic) bond motifs is 2. The Labute approximate surface area is 334 Å². The van der Waals surface area contributed by atoms with Crippen LogP contribution in [0.2, 0.25) is 0 Å². The summed E-state index contributed by atoms with van der Waals surface area (Å²) in [6.07, 6.45) is 0.540. The molecule has 0 unspecified atom stereocenters. The molecule has 4 amide bonds. The van der Waals surface area contributed by atoms with Gasteiger partial charge in [-0.05, 0) is 89.8 Å². The summed E-state index contributed by atoms with van der Waals surface area (Å²) in [5.74, 6) is -2.58. The maximum Gasteiger partial charge on any atom is 0.410 e. The van der Waals surface area contributed by atoms with Gasteiger partial charge in [0.15, 0.2) is 0 Å². The molecule has 0 spiro atoms. The van der Waals surface area contributed by atoms with E-state index in [-0.39, 0.29) is 40.9 Å². The molecule has 2 aliphatic heterocycles. The Morgan fingerprint density at radius 1 is 0.807 bits per heavy atom. The number of benzene rings is 3. The van der Waals surface area contributed by atoms with Crippen molar-refractivity contribution in [2.24, 2.45) is 5.92 Å². The molecule has 15 nitrogen and oxygen atoms in total. The van der Waals surface area contributed by atoms with Gasteiger partial charge in [0.05, 0.1) is 16.0 Å². The Morgan fingerprint density at radius 3 is 1.93 bits per heavy atom. The van der Waals surface area contributed by atoms with Crippen molar-refractivity contribution in [3.05, 3.63) is 70.8 Å². The van der Waals surface area contributed by atoms with Crippen LogP contribution in [0.15, 0.2) is 53.4 Å². The minimum absolute atomic E-state index is 0.0101. The molecule has 1 fully saturated rings. The van der Waals surface area contributed by atoms with Gasteiger partial charge in [0, 0.05) is 76.2 Å². The number of piperidine rings is 1. The third-order valence-corrected chi connectivity index (χ3v) is 11.2. The molecular formula is C41H54N6O9S. The lowest BCUT2D eigenvalue weighted by atomic mass is 9.95. The fourth-order valence-electron chi connectivity index (χ4n) is 6.99. The van der Waals surface area contributed by atoms with Gasteiger partial charge in [0.1, 0.15) is 17.2 Å². The lowest BCUT2D eigenvalue weighted by Gasteiger charge is -2.34. The Hall–Kier alpha value is -5.22. The van der Waals surface area contributed by atoms with Crippen molar-refractivity contribution in [3.8, 4) is 0 Å². The minimum atomic E-state index is -4.36. The largest absolute Gasteiger partial charge is 0.459 e. The average molecular weight is 807 g/mol. The van der Waals surface area contributed by atoms with Crippen molar-refractivity contribution in [2.45, 2.75) is 89.6 Å². The Balaban J connectivity index is 1.34. The molecule has 16 heteroatoms. The number of rotatable bonds is 10. The molecule has 0 bridgehead atoms. The fraction of sp³-hybridized carbons (Fsp3) is 0.488. The Kier molecular flexibility index (Phi) is 12.6. The molecule has 2 heterocycles. The van der Waals surface area contributed by atoms with E-state index in [0.29, 0.717) is 47.8 Å². The van der Waals surface area contributed by atoms with Crippen LogP contribution in [0.3, 0.4) is 0 Å². The highest BCUT2D eigenvalue weighted by Gasteiger charge is 2.36. The lowest BCUT2D eigenvalue weighted by Crippen LogP contribution is -2.50. The molecule has 3 aromatic rings. The quantitative estimate of drug-likeness (QED) is 0.252. The van der Waals surface area contributed by atoms with Gasteiger partial charge in [0.25, 0.3) is 11.8 Å². The number of nitrogens with zero attached hydrogens (tertiary/aromatic N) is 3. The van der Waals surface area contributed by atoms with E-state index in [9.17, 15) is 32.4 Å². The van der Waals surface area contributed by atoms with E-state index in [2.05, 4.69) is 15.4 Å². The maximum absolute atomic E-state index is 14.0. The van der Waals surface area contributed by atoms with Crippen molar-refractivity contribution >= 4 is 56.3 Å². The summed E-state index contributed by atoms with van der Waals surface area (Å²) in [7, 11) is 0.767. The van der Waals surface area contributed by atoms with Crippen LogP contribution < -0.4 is 20.3 Å². The molecule has 2 aliphatic rings. The standard InChI is InChI=1S/C41H54N6O9S/c1-40(2,3)55-38(51)32(44-57(53,54)34-15-11-12-28-29(34)13-10-14-33(28)45(8)9)22-43-36(49)31-21-27-24-47(23-26(27)20-30(31)35(48)42-7)37(50)25-16-18-46(19-17-25)39(52)56-41(4,5)6/h10-15,20-21,25,32,44H,16-19,22-24H2,1-9H3,(H,42,48)(H,43,49)/t32-/m0/s1. The van der Waals surface area contributed by atoms with Crippen LogP contribution in [0.1, 0.15) is 86.2 Å². The number of hydrogen-bond acceptors (Lipinski definition) is 10. The smallest absolute Gasteiger partial charge is 0.410 e. The number of anilines is 1. The third kappa shape index (κ3) is 10.2. The zero-order chi connectivity index (χ0) is 42.0. The molecule has 0 radical (unpaired) electrons. The number of ether oxygens (including phenoxy) is 2. The number of likely N-dealkylation sites (tertiary alicyclic amines) is 1. The van der Waals surface area contributed by atoms with Crippen LogP contribution >= 0.6 is 0 Å². The first-order valence-electron chi connectivity index (χ1n) is 19.0. The zero-order valence-corrected chi connectivity index (χ0v) is 35.0. The summed E-state index contributed by atoms with van der Waals surface area (Å²) in [6, 6.07) is 11.8. The number of carbonyl (C=O) groups excluding carboxylic acids is 5. The number of esters is 1. The fourth-order valence-corrected chi connectivity index (χ4v) is 8.39. The SMILES string of the molecule is CNC(=O)c1cc2c(cc1C(=O)NC[C@H](NS(=O)(=O)c1cccc3c(N(C)C)cccc13)C(=O)OC(C)(C)C)CN(C(=O)C1CCN(C(=O)OC(C)(C)C)CC1)C2. The van der Waals surface area contributed by atoms with E-state index in [4.69, 9.17) is 9.47 Å². The van der Waals surface area contributed by atoms with Crippen LogP contribution in [-0.4, -0.2) is 106 Å². The average Bonchev–Trinajstić information content (AvgIpc) is 3.56. The van der Waals surface area contributed by atoms with Crippen molar-refractivity contribution in [1.82, 2.24) is 25.2 Å². The second-order valence-corrected chi connectivity index (χ2v) is 18.3. The highest BCUT2D eigenvalue weighted by atomic mass is 32.2. The van der Waals surface area contributed by atoms with E-state index in [1.165, 1.54) is 13.1 Å². The number of hydrogen-bond donors (Lipinski definition) is 3. The molecule has 0 aromatic heterocycles. The number of sulfonamides is 1. The third-order valence-electron chi connectivity index (χ3n) is 9.67. The van der Waals surface area contributed by atoms with Gasteiger partial charge in [-0.3, -0.25) is 19.2 Å². The van der Waals surface area contributed by atoms with Crippen LogP contribution in [-0.2, 0) is 42.2 Å². The summed E-state index contributed by atoms with van der Waals surface area (Å²) in [6.45, 7) is 11.0. The van der Waals surface area contributed by atoms with Crippen molar-refractivity contribution in [1.29, 1.82) is 0 Å². The van der Waals surface area contributed by atoms with E-state index in [0.717, 1.165) is 5.69 Å². The molecule has 3 aromatic carbocycles. The number of carbonyl (C=O) groups is 5. The van der Waals surface area contributed by atoms with Gasteiger partial charge in [-0.15, -0.1) is 0 Å². The zero-order valence-electron chi connectivity index (χ0n) is 34.1. The lowest BCUT2D eigenvalue weighted by molar-refractivity contribution is -0.156. The predicted octanol–water partition coefficient (Wildman–Crippen LogP) is 4.17. The van der Waals surface area contributed by atoms with Gasteiger partial charge in [-0.1, -0.05) is 24.3 Å². The van der Waals surface area contributed by atoms with Crippen LogP contribution in [0.4, 0.5) is 10.5 Å².